The number of aliphatic hydroxyl groups is 1. The number of halogens is 4. The van der Waals surface area contributed by atoms with Gasteiger partial charge in [-0.15, -0.1) is 11.8 Å². The summed E-state index contributed by atoms with van der Waals surface area (Å²) in [6.07, 6.45) is 5.05. The van der Waals surface area contributed by atoms with Crippen molar-refractivity contribution in [1.29, 1.82) is 0 Å². The van der Waals surface area contributed by atoms with E-state index in [1.54, 1.807) is 12.1 Å². The zero-order valence-electron chi connectivity index (χ0n) is 20.5. The van der Waals surface area contributed by atoms with Crippen LogP contribution in [0.25, 0.3) is 0 Å². The minimum absolute atomic E-state index is 0.0455. The molecule has 0 spiro atoms. The Hall–Kier alpha value is -2.27. The number of thioether (sulfide) groups is 1. The summed E-state index contributed by atoms with van der Waals surface area (Å²) in [5, 5.41) is 20.7. The second kappa shape index (κ2) is 11.1. The van der Waals surface area contributed by atoms with Gasteiger partial charge in [0.2, 0.25) is 5.91 Å². The summed E-state index contributed by atoms with van der Waals surface area (Å²) in [6.45, 7) is 1.08. The van der Waals surface area contributed by atoms with Crippen LogP contribution in [-0.4, -0.2) is 46.9 Å². The Morgan fingerprint density at radius 3 is 2.39 bits per heavy atom. The summed E-state index contributed by atoms with van der Waals surface area (Å²) >= 11 is 7.97. The lowest BCUT2D eigenvalue weighted by atomic mass is 9.74. The number of carbonyl (C=O) groups excluding carboxylic acids is 2. The Morgan fingerprint density at radius 1 is 1.08 bits per heavy atom. The number of hydrogen-bond acceptors (Lipinski definition) is 5. The largest absolute Gasteiger partial charge is 0.387 e. The fourth-order valence-corrected chi connectivity index (χ4v) is 7.64. The predicted octanol–water partition coefficient (Wildman–Crippen LogP) is 4.89. The molecule has 2 bridgehead atoms. The quantitative estimate of drug-likeness (QED) is 0.358. The van der Waals surface area contributed by atoms with Crippen molar-refractivity contribution >= 4 is 40.9 Å². The first-order valence-electron chi connectivity index (χ1n) is 12.8. The van der Waals surface area contributed by atoms with E-state index in [2.05, 4.69) is 16.0 Å². The average Bonchev–Trinajstić information content (AvgIpc) is 3.46. The summed E-state index contributed by atoms with van der Waals surface area (Å²) in [7, 11) is 0. The van der Waals surface area contributed by atoms with Crippen molar-refractivity contribution in [3.63, 3.8) is 0 Å². The van der Waals surface area contributed by atoms with Gasteiger partial charge in [0.05, 0.1) is 16.7 Å². The zero-order chi connectivity index (χ0) is 27.0. The number of anilines is 1. The van der Waals surface area contributed by atoms with Crippen LogP contribution in [0, 0.1) is 29.3 Å². The summed E-state index contributed by atoms with van der Waals surface area (Å²) in [5.74, 6) is -4.97. The molecule has 3 fully saturated rings. The van der Waals surface area contributed by atoms with Crippen LogP contribution < -0.4 is 16.0 Å². The molecule has 1 saturated heterocycles. The molecule has 3 aliphatic rings. The highest BCUT2D eigenvalue weighted by molar-refractivity contribution is 8.00. The number of rotatable bonds is 7. The number of carbonyl (C=O) groups is 2. The van der Waals surface area contributed by atoms with Crippen LogP contribution in [0.15, 0.2) is 35.2 Å². The van der Waals surface area contributed by atoms with Crippen LogP contribution in [0.3, 0.4) is 0 Å². The predicted molar refractivity (Wildman–Crippen MR) is 140 cm³/mol. The van der Waals surface area contributed by atoms with Crippen LogP contribution >= 0.6 is 23.4 Å². The molecule has 4 N–H and O–H groups in total. The van der Waals surface area contributed by atoms with Crippen molar-refractivity contribution in [3.8, 4) is 0 Å². The van der Waals surface area contributed by atoms with E-state index in [1.807, 2.05) is 0 Å². The van der Waals surface area contributed by atoms with E-state index in [9.17, 15) is 27.9 Å². The first kappa shape index (κ1) is 27.3. The van der Waals surface area contributed by atoms with Gasteiger partial charge >= 0.3 is 0 Å². The molecule has 204 valence electrons. The van der Waals surface area contributed by atoms with Gasteiger partial charge in [-0.3, -0.25) is 9.59 Å². The molecule has 38 heavy (non-hydrogen) atoms. The van der Waals surface area contributed by atoms with Crippen molar-refractivity contribution in [3.05, 3.63) is 58.4 Å². The third kappa shape index (κ3) is 5.54. The summed E-state index contributed by atoms with van der Waals surface area (Å²) in [5.41, 5.74) is -0.897. The topological polar surface area (TPSA) is 90.5 Å². The molecule has 1 unspecified atom stereocenters. The molecular weight excluding hydrogens is 539 g/mol. The minimum atomic E-state index is -1.60. The molecule has 2 aromatic carbocycles. The minimum Gasteiger partial charge on any atom is -0.387 e. The summed E-state index contributed by atoms with van der Waals surface area (Å²) < 4.78 is 40.3. The molecule has 5 rings (SSSR count). The SMILES string of the molecule is O=C(Nc1cc(F)c(F)c(F)c1)c1ccc(Cl)c(S[C@@H]2CC3CC[C@@H](C2)[C@@]3(O)CNC(=O)[C@@H]2CCCN2)c1. The number of amides is 2. The molecule has 2 saturated carbocycles. The van der Waals surface area contributed by atoms with Gasteiger partial charge in [0, 0.05) is 40.1 Å². The monoisotopic (exact) mass is 567 g/mol. The van der Waals surface area contributed by atoms with Crippen molar-refractivity contribution < 1.29 is 27.9 Å². The first-order chi connectivity index (χ1) is 18.1. The summed E-state index contributed by atoms with van der Waals surface area (Å²) in [4.78, 5) is 25.9. The molecular formula is C27H29ClF3N3O3S. The smallest absolute Gasteiger partial charge is 0.255 e. The van der Waals surface area contributed by atoms with Gasteiger partial charge in [-0.1, -0.05) is 11.6 Å². The van der Waals surface area contributed by atoms with Crippen LogP contribution in [0.5, 0.6) is 0 Å². The second-order valence-electron chi connectivity index (χ2n) is 10.4. The Labute approximate surface area is 228 Å². The zero-order valence-corrected chi connectivity index (χ0v) is 22.1. The van der Waals surface area contributed by atoms with E-state index in [-0.39, 0.29) is 46.8 Å². The van der Waals surface area contributed by atoms with Gasteiger partial charge in [0.15, 0.2) is 17.5 Å². The molecule has 5 atom stereocenters. The van der Waals surface area contributed by atoms with E-state index < -0.39 is 29.0 Å². The Morgan fingerprint density at radius 2 is 1.76 bits per heavy atom. The maximum atomic E-state index is 13.5. The highest BCUT2D eigenvalue weighted by Gasteiger charge is 2.53. The van der Waals surface area contributed by atoms with E-state index in [0.29, 0.717) is 22.1 Å². The van der Waals surface area contributed by atoms with E-state index in [4.69, 9.17) is 11.6 Å². The van der Waals surface area contributed by atoms with Crippen LogP contribution in [0.2, 0.25) is 5.02 Å². The lowest BCUT2D eigenvalue weighted by Crippen LogP contribution is -2.55. The molecule has 0 radical (unpaired) electrons. The van der Waals surface area contributed by atoms with E-state index in [1.165, 1.54) is 17.8 Å². The normalized spacial score (nSPS) is 28.3. The number of hydrogen-bond donors (Lipinski definition) is 4. The van der Waals surface area contributed by atoms with Crippen molar-refractivity contribution in [2.75, 3.05) is 18.4 Å². The molecule has 0 aromatic heterocycles. The Balaban J connectivity index is 1.22. The van der Waals surface area contributed by atoms with Crippen LogP contribution in [0.1, 0.15) is 48.9 Å². The molecule has 1 heterocycles. The number of benzene rings is 2. The van der Waals surface area contributed by atoms with Crippen molar-refractivity contribution in [1.82, 2.24) is 10.6 Å². The Kier molecular flexibility index (Phi) is 7.96. The van der Waals surface area contributed by atoms with Crippen molar-refractivity contribution in [2.24, 2.45) is 11.8 Å². The molecule has 11 heteroatoms. The van der Waals surface area contributed by atoms with Gasteiger partial charge < -0.3 is 21.1 Å². The molecule has 2 aliphatic carbocycles. The van der Waals surface area contributed by atoms with E-state index in [0.717, 1.165) is 45.1 Å². The number of fused-ring (bicyclic) bond motifs is 2. The average molecular weight is 568 g/mol. The molecule has 1 aliphatic heterocycles. The fourth-order valence-electron chi connectivity index (χ4n) is 6.00. The summed E-state index contributed by atoms with van der Waals surface area (Å²) in [6, 6.07) is 5.96. The van der Waals surface area contributed by atoms with Crippen LogP contribution in [-0.2, 0) is 4.79 Å². The third-order valence-corrected chi connectivity index (χ3v) is 9.78. The Bertz CT molecular complexity index is 1210. The maximum absolute atomic E-state index is 13.5. The third-order valence-electron chi connectivity index (χ3n) is 8.02. The lowest BCUT2D eigenvalue weighted by molar-refractivity contribution is -0.125. The van der Waals surface area contributed by atoms with Gasteiger partial charge in [-0.2, -0.15) is 0 Å². The van der Waals surface area contributed by atoms with Gasteiger partial charge in [-0.25, -0.2) is 13.2 Å². The highest BCUT2D eigenvalue weighted by atomic mass is 35.5. The van der Waals surface area contributed by atoms with Crippen LogP contribution in [0.4, 0.5) is 18.9 Å². The molecule has 6 nitrogen and oxygen atoms in total. The first-order valence-corrected chi connectivity index (χ1v) is 14.1. The van der Waals surface area contributed by atoms with E-state index >= 15 is 0 Å². The number of nitrogens with one attached hydrogen (secondary N) is 3. The lowest BCUT2D eigenvalue weighted by Gasteiger charge is -2.43. The standard InChI is InChI=1S/C27H29ClF3N3O3S/c28-19-6-3-14(25(35)34-17-11-20(29)24(31)21(30)12-17)8-23(19)38-18-9-15-4-5-16(10-18)27(15,37)13-33-26(36)22-2-1-7-32-22/h3,6,8,11-12,15-16,18,22,32,37H,1-2,4-5,7,9-10,13H2,(H,33,36)(H,34,35)/t15-,16?,18-,22-,27-/m0/s1. The highest BCUT2D eigenvalue weighted by Crippen LogP contribution is 2.53. The molecule has 2 amide bonds. The second-order valence-corrected chi connectivity index (χ2v) is 12.1. The maximum Gasteiger partial charge on any atom is 0.255 e. The molecule has 2 aromatic rings. The van der Waals surface area contributed by atoms with Crippen molar-refractivity contribution in [2.45, 2.75) is 60.3 Å². The van der Waals surface area contributed by atoms with Gasteiger partial charge in [0.1, 0.15) is 0 Å². The van der Waals surface area contributed by atoms with Gasteiger partial charge in [-0.05, 0) is 75.1 Å². The van der Waals surface area contributed by atoms with Gasteiger partial charge in [0.25, 0.3) is 5.91 Å². The fraction of sp³-hybridized carbons (Fsp3) is 0.481.